The van der Waals surface area contributed by atoms with Crippen molar-refractivity contribution >= 4 is 17.7 Å². The third kappa shape index (κ3) is 1.63. The van der Waals surface area contributed by atoms with Gasteiger partial charge < -0.3 is 4.74 Å². The zero-order chi connectivity index (χ0) is 16.9. The van der Waals surface area contributed by atoms with Crippen LogP contribution in [0.1, 0.15) is 40.0 Å². The summed E-state index contributed by atoms with van der Waals surface area (Å²) in [7, 11) is 0. The van der Waals surface area contributed by atoms with Crippen LogP contribution in [0.25, 0.3) is 0 Å². The molecule has 11 unspecified atom stereocenters. The van der Waals surface area contributed by atoms with E-state index in [1.165, 1.54) is 12.8 Å². The number of rotatable bonds is 2. The maximum atomic E-state index is 12.3. The van der Waals surface area contributed by atoms with Crippen LogP contribution < -0.4 is 0 Å². The topological polar surface area (TPSA) is 60.4 Å². The van der Waals surface area contributed by atoms with Gasteiger partial charge in [-0.2, -0.15) is 0 Å². The largest absolute Gasteiger partial charge is 0.393 e. The molecular formula is C20H26O4. The van der Waals surface area contributed by atoms with Crippen molar-refractivity contribution in [3.63, 3.8) is 0 Å². The monoisotopic (exact) mass is 330 g/mol. The highest BCUT2D eigenvalue weighted by molar-refractivity contribution is 5.96. The lowest BCUT2D eigenvalue weighted by molar-refractivity contribution is -0.154. The van der Waals surface area contributed by atoms with Crippen LogP contribution in [0.5, 0.6) is 0 Å². The number of hydrogen-bond donors (Lipinski definition) is 0. The van der Waals surface area contributed by atoms with E-state index in [1.807, 2.05) is 6.92 Å². The van der Waals surface area contributed by atoms with Gasteiger partial charge in [0.15, 0.2) is 0 Å². The molecule has 24 heavy (non-hydrogen) atoms. The van der Waals surface area contributed by atoms with E-state index in [0.29, 0.717) is 35.4 Å². The molecule has 4 saturated carbocycles. The second-order valence-electron chi connectivity index (χ2n) is 9.32. The van der Waals surface area contributed by atoms with Crippen molar-refractivity contribution in [3.05, 3.63) is 0 Å². The van der Waals surface area contributed by atoms with Crippen molar-refractivity contribution < 1.29 is 19.1 Å². The molecule has 5 rings (SSSR count). The van der Waals surface area contributed by atoms with Crippen LogP contribution in [0.2, 0.25) is 0 Å². The van der Waals surface area contributed by atoms with Gasteiger partial charge in [0.05, 0.1) is 11.8 Å². The van der Waals surface area contributed by atoms with E-state index in [1.54, 1.807) is 6.92 Å². The van der Waals surface area contributed by atoms with Crippen molar-refractivity contribution in [2.24, 2.45) is 65.1 Å². The van der Waals surface area contributed by atoms with E-state index < -0.39 is 0 Å². The first-order chi connectivity index (χ1) is 11.4. The first kappa shape index (κ1) is 15.1. The van der Waals surface area contributed by atoms with Crippen molar-refractivity contribution in [1.29, 1.82) is 0 Å². The van der Waals surface area contributed by atoms with Gasteiger partial charge >= 0.3 is 11.9 Å². The fourth-order valence-corrected chi connectivity index (χ4v) is 8.13. The highest BCUT2D eigenvalue weighted by atomic mass is 16.6. The molecule has 4 bridgehead atoms. The molecule has 11 atom stereocenters. The molecule has 4 aliphatic carbocycles. The summed E-state index contributed by atoms with van der Waals surface area (Å²) in [5.74, 6) is 4.03. The van der Waals surface area contributed by atoms with Gasteiger partial charge in [-0.1, -0.05) is 13.8 Å². The minimum atomic E-state index is -0.342. The number of ether oxygens (including phenoxy) is 1. The summed E-state index contributed by atoms with van der Waals surface area (Å²) in [6.45, 7) is 5.90. The maximum absolute atomic E-state index is 12.3. The second-order valence-corrected chi connectivity index (χ2v) is 9.32. The van der Waals surface area contributed by atoms with Crippen LogP contribution in [0.3, 0.4) is 0 Å². The lowest BCUT2D eigenvalue weighted by Crippen LogP contribution is -2.44. The number of carbonyl (C=O) groups excluding carboxylic acids is 3. The minimum absolute atomic E-state index is 0.251. The van der Waals surface area contributed by atoms with Gasteiger partial charge in [-0.05, 0) is 73.5 Å². The lowest BCUT2D eigenvalue weighted by Gasteiger charge is -2.45. The Labute approximate surface area is 142 Å². The molecule has 0 N–H and O–H groups in total. The van der Waals surface area contributed by atoms with Crippen LogP contribution in [0.4, 0.5) is 0 Å². The van der Waals surface area contributed by atoms with Gasteiger partial charge in [0, 0.05) is 5.92 Å². The summed E-state index contributed by atoms with van der Waals surface area (Å²) >= 11 is 0. The quantitative estimate of drug-likeness (QED) is 0.444. The molecule has 1 saturated heterocycles. The minimum Gasteiger partial charge on any atom is -0.393 e. The lowest BCUT2D eigenvalue weighted by atomic mass is 9.58. The molecule has 5 fully saturated rings. The molecule has 4 heteroatoms. The molecule has 5 aliphatic rings. The van der Waals surface area contributed by atoms with Crippen molar-refractivity contribution in [3.8, 4) is 0 Å². The zero-order valence-corrected chi connectivity index (χ0v) is 14.6. The number of esters is 2. The summed E-state index contributed by atoms with van der Waals surface area (Å²) < 4.78 is 4.96. The Morgan fingerprint density at radius 1 is 0.917 bits per heavy atom. The van der Waals surface area contributed by atoms with E-state index in [-0.39, 0.29) is 35.6 Å². The average molecular weight is 330 g/mol. The summed E-state index contributed by atoms with van der Waals surface area (Å²) in [6, 6.07) is 0. The molecule has 1 aliphatic heterocycles. The molecule has 0 amide bonds. The number of carbonyl (C=O) groups is 3. The van der Waals surface area contributed by atoms with E-state index in [0.717, 1.165) is 18.3 Å². The zero-order valence-electron chi connectivity index (χ0n) is 14.6. The first-order valence-corrected chi connectivity index (χ1v) is 9.66. The molecular weight excluding hydrogens is 304 g/mol. The second kappa shape index (κ2) is 4.70. The van der Waals surface area contributed by atoms with Crippen molar-refractivity contribution in [2.75, 3.05) is 0 Å². The smallest absolute Gasteiger partial charge is 0.317 e. The molecule has 0 aromatic carbocycles. The predicted molar refractivity (Wildman–Crippen MR) is 85.4 cm³/mol. The molecule has 0 radical (unpaired) electrons. The van der Waals surface area contributed by atoms with Crippen molar-refractivity contribution in [2.45, 2.75) is 40.0 Å². The first-order valence-electron chi connectivity index (χ1n) is 9.66. The fraction of sp³-hybridized carbons (Fsp3) is 0.850. The normalized spacial score (nSPS) is 57.5. The molecule has 0 aromatic rings. The fourth-order valence-electron chi connectivity index (χ4n) is 8.13. The molecule has 0 aromatic heterocycles. The third-order valence-corrected chi connectivity index (χ3v) is 8.76. The highest BCUT2D eigenvalue weighted by Crippen LogP contribution is 2.72. The van der Waals surface area contributed by atoms with Crippen LogP contribution in [0, 0.1) is 65.1 Å². The maximum Gasteiger partial charge on any atom is 0.317 e. The Morgan fingerprint density at radius 2 is 1.67 bits per heavy atom. The number of fused-ring (bicyclic) bond motifs is 9. The predicted octanol–water partition coefficient (Wildman–Crippen LogP) is 2.70. The average Bonchev–Trinajstić information content (AvgIpc) is 3.27. The number of Topliss-reactive ketones (excluding diaryl/α,β-unsaturated/α-hetero) is 1. The molecule has 4 nitrogen and oxygen atoms in total. The van der Waals surface area contributed by atoms with E-state index in [2.05, 4.69) is 6.92 Å². The summed E-state index contributed by atoms with van der Waals surface area (Å²) in [5.41, 5.74) is 0. The Morgan fingerprint density at radius 3 is 2.29 bits per heavy atom. The molecule has 0 spiro atoms. The van der Waals surface area contributed by atoms with Gasteiger partial charge in [0.2, 0.25) is 0 Å². The van der Waals surface area contributed by atoms with Crippen LogP contribution in [-0.4, -0.2) is 17.7 Å². The van der Waals surface area contributed by atoms with Gasteiger partial charge in [0.25, 0.3) is 0 Å². The van der Waals surface area contributed by atoms with E-state index in [9.17, 15) is 14.4 Å². The van der Waals surface area contributed by atoms with Crippen LogP contribution in [-0.2, 0) is 19.1 Å². The number of ketones is 1. The van der Waals surface area contributed by atoms with Gasteiger partial charge in [0.1, 0.15) is 5.78 Å². The van der Waals surface area contributed by atoms with Gasteiger partial charge in [-0.3, -0.25) is 14.4 Å². The Bertz CT molecular complexity index is 640. The summed E-state index contributed by atoms with van der Waals surface area (Å²) in [4.78, 5) is 36.3. The number of hydrogen-bond acceptors (Lipinski definition) is 4. The molecule has 1 heterocycles. The highest BCUT2D eigenvalue weighted by Gasteiger charge is 2.69. The SMILES string of the molecule is CC(=O)C1CC2CC1C1C3CC(C(C)C3C3C(=O)OC(=O)C3C)C21. The van der Waals surface area contributed by atoms with Gasteiger partial charge in [-0.15, -0.1) is 0 Å². The standard InChI is InChI=1S/C20H26O4/c1-7-11-6-14(15(7)16-8(2)19(22)24-20(16)23)18-13-5-10(17(11)18)4-12(13)9(3)21/h7-8,10-18H,4-6H2,1-3H3. The van der Waals surface area contributed by atoms with Gasteiger partial charge in [-0.25, -0.2) is 0 Å². The Balaban J connectivity index is 1.48. The van der Waals surface area contributed by atoms with Crippen molar-refractivity contribution in [1.82, 2.24) is 0 Å². The number of cyclic esters (lactones) is 2. The summed E-state index contributed by atoms with van der Waals surface area (Å²) in [5, 5.41) is 0. The Hall–Kier alpha value is -1.19. The van der Waals surface area contributed by atoms with Crippen LogP contribution >= 0.6 is 0 Å². The van der Waals surface area contributed by atoms with E-state index in [4.69, 9.17) is 4.74 Å². The Kier molecular flexibility index (Phi) is 2.96. The van der Waals surface area contributed by atoms with Crippen LogP contribution in [0.15, 0.2) is 0 Å². The van der Waals surface area contributed by atoms with E-state index >= 15 is 0 Å². The third-order valence-electron chi connectivity index (χ3n) is 8.76. The molecule has 130 valence electrons. The summed E-state index contributed by atoms with van der Waals surface area (Å²) in [6.07, 6.45) is 3.52.